The van der Waals surface area contributed by atoms with Crippen molar-refractivity contribution in [2.45, 2.75) is 25.5 Å². The van der Waals surface area contributed by atoms with Gasteiger partial charge in [0.05, 0.1) is 7.11 Å². The van der Waals surface area contributed by atoms with Gasteiger partial charge in [-0.3, -0.25) is 9.78 Å². The van der Waals surface area contributed by atoms with Crippen LogP contribution in [0.2, 0.25) is 0 Å². The monoisotopic (exact) mass is 325 g/mol. The number of ether oxygens (including phenoxy) is 1. The van der Waals surface area contributed by atoms with Crippen molar-refractivity contribution < 1.29 is 14.6 Å². The average molecular weight is 325 g/mol. The maximum atomic E-state index is 12.9. The van der Waals surface area contributed by atoms with E-state index in [0.717, 1.165) is 10.7 Å². The molecule has 0 bridgehead atoms. The fraction of sp³-hybridized carbons (Fsp3) is 0.278. The summed E-state index contributed by atoms with van der Waals surface area (Å²) in [6, 6.07) is 10.3. The molecule has 1 aliphatic heterocycles. The molecule has 6 heteroatoms. The number of hydrazone groups is 1. The van der Waals surface area contributed by atoms with Crippen molar-refractivity contribution in [3.63, 3.8) is 0 Å². The second-order valence-electron chi connectivity index (χ2n) is 5.60. The van der Waals surface area contributed by atoms with Gasteiger partial charge in [0.15, 0.2) is 5.72 Å². The normalized spacial score (nSPS) is 20.0. The van der Waals surface area contributed by atoms with E-state index in [2.05, 4.69) is 10.1 Å². The maximum Gasteiger partial charge on any atom is 0.277 e. The van der Waals surface area contributed by atoms with Crippen LogP contribution < -0.4 is 4.74 Å². The minimum absolute atomic E-state index is 0.271. The summed E-state index contributed by atoms with van der Waals surface area (Å²) in [5.74, 6) is 0.244. The summed E-state index contributed by atoms with van der Waals surface area (Å²) < 4.78 is 5.23. The van der Waals surface area contributed by atoms with E-state index in [4.69, 9.17) is 4.74 Å². The Morgan fingerprint density at radius 3 is 2.75 bits per heavy atom. The van der Waals surface area contributed by atoms with E-state index in [1.54, 1.807) is 55.9 Å². The van der Waals surface area contributed by atoms with E-state index >= 15 is 0 Å². The predicted molar refractivity (Wildman–Crippen MR) is 89.6 cm³/mol. The third-order valence-corrected chi connectivity index (χ3v) is 4.10. The molecule has 2 heterocycles. The summed E-state index contributed by atoms with van der Waals surface area (Å²) >= 11 is 0. The number of methoxy groups -OCH3 is 1. The average Bonchev–Trinajstić information content (AvgIpc) is 3.00. The van der Waals surface area contributed by atoms with Gasteiger partial charge in [-0.15, -0.1) is 0 Å². The molecule has 0 saturated carbocycles. The van der Waals surface area contributed by atoms with Crippen molar-refractivity contribution >= 4 is 11.6 Å². The molecule has 1 N–H and O–H groups in total. The highest BCUT2D eigenvalue weighted by Crippen LogP contribution is 2.38. The second kappa shape index (κ2) is 6.41. The first-order chi connectivity index (χ1) is 11.6. The number of carbonyl (C=O) groups excluding carboxylic acids is 1. The molecule has 3 rings (SSSR count). The number of hydrogen-bond donors (Lipinski definition) is 1. The van der Waals surface area contributed by atoms with Crippen LogP contribution in [0.5, 0.6) is 5.75 Å². The van der Waals surface area contributed by atoms with Gasteiger partial charge in [-0.2, -0.15) is 10.1 Å². The van der Waals surface area contributed by atoms with Crippen LogP contribution in [0.1, 0.15) is 35.7 Å². The lowest BCUT2D eigenvalue weighted by Gasteiger charge is -2.31. The Labute approximate surface area is 140 Å². The largest absolute Gasteiger partial charge is 0.497 e. The molecule has 0 fully saturated rings. The maximum absolute atomic E-state index is 12.9. The lowest BCUT2D eigenvalue weighted by Crippen LogP contribution is -2.43. The molecule has 1 aromatic carbocycles. The highest BCUT2D eigenvalue weighted by atomic mass is 16.5. The van der Waals surface area contributed by atoms with Gasteiger partial charge in [-0.05, 0) is 30.7 Å². The predicted octanol–water partition coefficient (Wildman–Crippen LogP) is 2.55. The number of carbonyl (C=O) groups is 1. The minimum Gasteiger partial charge on any atom is -0.497 e. The highest BCUT2D eigenvalue weighted by Gasteiger charge is 2.45. The standard InChI is InChI=1S/C18H19N3O3/c1-3-15-12-18(23,14-5-4-6-16(11-14)24-2)21(20-15)17(22)13-7-9-19-10-8-13/h4-11,23H,3,12H2,1-2H3. The Kier molecular flexibility index (Phi) is 4.31. The van der Waals surface area contributed by atoms with Crippen LogP contribution in [0.15, 0.2) is 53.9 Å². The first-order valence-electron chi connectivity index (χ1n) is 7.76. The topological polar surface area (TPSA) is 75.0 Å². The molecular weight excluding hydrogens is 306 g/mol. The fourth-order valence-corrected chi connectivity index (χ4v) is 2.74. The Bertz CT molecular complexity index is 776. The first-order valence-corrected chi connectivity index (χ1v) is 7.76. The highest BCUT2D eigenvalue weighted by molar-refractivity contribution is 5.98. The molecule has 1 amide bonds. The number of aromatic nitrogens is 1. The van der Waals surface area contributed by atoms with E-state index in [-0.39, 0.29) is 12.3 Å². The Morgan fingerprint density at radius 2 is 2.08 bits per heavy atom. The summed E-state index contributed by atoms with van der Waals surface area (Å²) in [6.07, 6.45) is 4.01. The van der Waals surface area contributed by atoms with E-state index < -0.39 is 5.72 Å². The van der Waals surface area contributed by atoms with Crippen molar-refractivity contribution in [3.8, 4) is 5.75 Å². The van der Waals surface area contributed by atoms with Crippen molar-refractivity contribution in [3.05, 3.63) is 59.9 Å². The molecule has 1 atom stereocenters. The van der Waals surface area contributed by atoms with E-state index in [0.29, 0.717) is 23.3 Å². The summed E-state index contributed by atoms with van der Waals surface area (Å²) in [5.41, 5.74) is 0.229. The van der Waals surface area contributed by atoms with Gasteiger partial charge in [0, 0.05) is 35.7 Å². The van der Waals surface area contributed by atoms with Gasteiger partial charge in [0.1, 0.15) is 5.75 Å². The van der Waals surface area contributed by atoms with Gasteiger partial charge in [0.2, 0.25) is 0 Å². The molecule has 0 saturated heterocycles. The summed E-state index contributed by atoms with van der Waals surface area (Å²) in [7, 11) is 1.56. The third kappa shape index (κ3) is 2.76. The molecule has 1 aromatic heterocycles. The Balaban J connectivity index is 2.03. The van der Waals surface area contributed by atoms with Crippen molar-refractivity contribution in [1.29, 1.82) is 0 Å². The lowest BCUT2D eigenvalue weighted by atomic mass is 9.96. The molecule has 24 heavy (non-hydrogen) atoms. The number of rotatable bonds is 4. The molecule has 124 valence electrons. The molecule has 6 nitrogen and oxygen atoms in total. The lowest BCUT2D eigenvalue weighted by molar-refractivity contribution is -0.0766. The molecule has 0 radical (unpaired) electrons. The van der Waals surface area contributed by atoms with Crippen molar-refractivity contribution in [1.82, 2.24) is 9.99 Å². The number of amides is 1. The minimum atomic E-state index is -1.53. The second-order valence-corrected chi connectivity index (χ2v) is 5.60. The van der Waals surface area contributed by atoms with E-state index in [9.17, 15) is 9.90 Å². The van der Waals surface area contributed by atoms with Crippen LogP contribution in [0, 0.1) is 0 Å². The number of benzene rings is 1. The van der Waals surface area contributed by atoms with Crippen LogP contribution in [-0.2, 0) is 5.72 Å². The van der Waals surface area contributed by atoms with Gasteiger partial charge in [0.25, 0.3) is 5.91 Å². The van der Waals surface area contributed by atoms with E-state index in [1.165, 1.54) is 0 Å². The van der Waals surface area contributed by atoms with Crippen LogP contribution in [-0.4, -0.2) is 33.8 Å². The van der Waals surface area contributed by atoms with Gasteiger partial charge >= 0.3 is 0 Å². The fourth-order valence-electron chi connectivity index (χ4n) is 2.74. The van der Waals surface area contributed by atoms with Crippen LogP contribution in [0.4, 0.5) is 0 Å². The van der Waals surface area contributed by atoms with Crippen LogP contribution >= 0.6 is 0 Å². The Morgan fingerprint density at radius 1 is 1.33 bits per heavy atom. The zero-order valence-corrected chi connectivity index (χ0v) is 13.6. The summed E-state index contributed by atoms with van der Waals surface area (Å²) in [6.45, 7) is 1.95. The molecular formula is C18H19N3O3. The number of hydrogen-bond acceptors (Lipinski definition) is 5. The third-order valence-electron chi connectivity index (χ3n) is 4.10. The number of pyridine rings is 1. The first kappa shape index (κ1) is 16.1. The van der Waals surface area contributed by atoms with Gasteiger partial charge in [-0.25, -0.2) is 0 Å². The number of nitrogens with zero attached hydrogens (tertiary/aromatic N) is 3. The van der Waals surface area contributed by atoms with Crippen molar-refractivity contribution in [2.75, 3.05) is 7.11 Å². The summed E-state index contributed by atoms with van der Waals surface area (Å²) in [4.78, 5) is 16.8. The van der Waals surface area contributed by atoms with Gasteiger partial charge < -0.3 is 9.84 Å². The zero-order chi connectivity index (χ0) is 17.2. The quantitative estimate of drug-likeness (QED) is 0.937. The number of aliphatic hydroxyl groups is 1. The van der Waals surface area contributed by atoms with Gasteiger partial charge in [-0.1, -0.05) is 19.1 Å². The molecule has 1 unspecified atom stereocenters. The summed E-state index contributed by atoms with van der Waals surface area (Å²) in [5, 5.41) is 16.8. The molecule has 1 aliphatic rings. The van der Waals surface area contributed by atoms with Crippen LogP contribution in [0.3, 0.4) is 0 Å². The van der Waals surface area contributed by atoms with Crippen LogP contribution in [0.25, 0.3) is 0 Å². The zero-order valence-electron chi connectivity index (χ0n) is 13.6. The van der Waals surface area contributed by atoms with Crippen molar-refractivity contribution in [2.24, 2.45) is 5.10 Å². The molecule has 0 aliphatic carbocycles. The SMILES string of the molecule is CCC1=NN(C(=O)c2ccncc2)C(O)(c2cccc(OC)c2)C1. The Hall–Kier alpha value is -2.73. The molecule has 2 aromatic rings. The smallest absolute Gasteiger partial charge is 0.277 e. The van der Waals surface area contributed by atoms with E-state index in [1.807, 2.05) is 6.92 Å². The molecule has 0 spiro atoms.